The summed E-state index contributed by atoms with van der Waals surface area (Å²) in [6, 6.07) is 5.17. The molecule has 1 aromatic rings. The lowest BCUT2D eigenvalue weighted by molar-refractivity contribution is -0.145. The third-order valence-corrected chi connectivity index (χ3v) is 7.49. The van der Waals surface area contributed by atoms with Gasteiger partial charge >= 0.3 is 6.18 Å². The van der Waals surface area contributed by atoms with E-state index in [1.165, 1.54) is 27.4 Å². The van der Waals surface area contributed by atoms with E-state index >= 15 is 0 Å². The summed E-state index contributed by atoms with van der Waals surface area (Å²) in [6.45, 7) is 0.265. The number of hydrogen-bond donors (Lipinski definition) is 0. The van der Waals surface area contributed by atoms with Crippen molar-refractivity contribution in [2.75, 3.05) is 45.8 Å². The Morgan fingerprint density at radius 3 is 2.30 bits per heavy atom. The maximum absolute atomic E-state index is 13.9. The lowest BCUT2D eigenvalue weighted by Gasteiger charge is -2.33. The van der Waals surface area contributed by atoms with Gasteiger partial charge in [-0.2, -0.15) is 17.5 Å². The Morgan fingerprint density at radius 1 is 1.00 bits per heavy atom. The van der Waals surface area contributed by atoms with Gasteiger partial charge in [-0.25, -0.2) is 12.8 Å². The van der Waals surface area contributed by atoms with Crippen LogP contribution in [0.5, 0.6) is 0 Å². The molecule has 6 nitrogen and oxygen atoms in total. The van der Waals surface area contributed by atoms with Crippen LogP contribution in [0.4, 0.5) is 17.6 Å². The smallest absolute Gasteiger partial charge is 0.341 e. The molecule has 30 heavy (non-hydrogen) atoms. The Hall–Kier alpha value is -1.72. The van der Waals surface area contributed by atoms with E-state index in [1.54, 1.807) is 4.90 Å². The Kier molecular flexibility index (Phi) is 7.03. The van der Waals surface area contributed by atoms with E-state index in [4.69, 9.17) is 0 Å². The molecule has 0 N–H and O–H groups in total. The number of rotatable bonds is 4. The summed E-state index contributed by atoms with van der Waals surface area (Å²) in [7, 11) is -3.98. The van der Waals surface area contributed by atoms with Gasteiger partial charge < -0.3 is 4.90 Å². The Morgan fingerprint density at radius 2 is 1.67 bits per heavy atom. The van der Waals surface area contributed by atoms with Crippen molar-refractivity contribution in [1.82, 2.24) is 14.1 Å². The average Bonchev–Trinajstić information content (AvgIpc) is 2.92. The fourth-order valence-corrected chi connectivity index (χ4v) is 5.53. The maximum atomic E-state index is 13.9. The quantitative estimate of drug-likeness (QED) is 0.660. The molecule has 2 fully saturated rings. The Labute approximate surface area is 173 Å². The second kappa shape index (κ2) is 9.19. The molecular formula is C19H25F4N3O3S. The lowest BCUT2D eigenvalue weighted by atomic mass is 9.96. The van der Waals surface area contributed by atoms with Crippen LogP contribution in [0, 0.1) is 11.7 Å². The zero-order valence-electron chi connectivity index (χ0n) is 16.4. The molecule has 0 bridgehead atoms. The van der Waals surface area contributed by atoms with Crippen molar-refractivity contribution >= 4 is 15.9 Å². The minimum absolute atomic E-state index is 0.0983. The monoisotopic (exact) mass is 451 g/mol. The Bertz CT molecular complexity index is 855. The van der Waals surface area contributed by atoms with Crippen molar-refractivity contribution < 1.29 is 30.8 Å². The molecule has 0 spiro atoms. The predicted octanol–water partition coefficient (Wildman–Crippen LogP) is 2.32. The van der Waals surface area contributed by atoms with Gasteiger partial charge in [0.1, 0.15) is 10.7 Å². The number of alkyl halides is 3. The van der Waals surface area contributed by atoms with Crippen molar-refractivity contribution in [3.05, 3.63) is 30.1 Å². The van der Waals surface area contributed by atoms with Gasteiger partial charge in [0.2, 0.25) is 15.9 Å². The van der Waals surface area contributed by atoms with Crippen LogP contribution in [0.15, 0.2) is 29.2 Å². The highest BCUT2D eigenvalue weighted by Crippen LogP contribution is 2.27. The largest absolute Gasteiger partial charge is 0.401 e. The first-order valence-corrected chi connectivity index (χ1v) is 11.3. The molecule has 2 aliphatic heterocycles. The van der Waals surface area contributed by atoms with E-state index < -0.39 is 28.6 Å². The molecule has 0 aromatic heterocycles. The standard InChI is InChI=1S/C19H25F4N3O3S/c20-16-4-1-2-5-17(16)30(28,29)26-10-6-15(7-11-26)18(27)25-9-3-8-24(12-13-25)14-19(21,22)23/h1-2,4-5,15H,3,6-14H2. The summed E-state index contributed by atoms with van der Waals surface area (Å²) in [5.74, 6) is -1.35. The summed E-state index contributed by atoms with van der Waals surface area (Å²) in [6.07, 6.45) is -3.21. The molecule has 2 heterocycles. The van der Waals surface area contributed by atoms with Gasteiger partial charge in [-0.15, -0.1) is 0 Å². The molecule has 1 aromatic carbocycles. The van der Waals surface area contributed by atoms with Crippen molar-refractivity contribution in [1.29, 1.82) is 0 Å². The van der Waals surface area contributed by atoms with Gasteiger partial charge in [0.25, 0.3) is 0 Å². The van der Waals surface area contributed by atoms with Gasteiger partial charge in [0.15, 0.2) is 0 Å². The van der Waals surface area contributed by atoms with Crippen LogP contribution in [0.2, 0.25) is 0 Å². The molecule has 168 valence electrons. The van der Waals surface area contributed by atoms with Crippen LogP contribution < -0.4 is 0 Å². The fraction of sp³-hybridized carbons (Fsp3) is 0.632. The minimum atomic E-state index is -4.27. The molecule has 2 aliphatic rings. The van der Waals surface area contributed by atoms with Gasteiger partial charge in [-0.05, 0) is 31.4 Å². The molecule has 0 atom stereocenters. The van der Waals surface area contributed by atoms with Crippen LogP contribution in [0.3, 0.4) is 0 Å². The average molecular weight is 451 g/mol. The molecule has 0 aliphatic carbocycles. The molecule has 0 saturated carbocycles. The highest BCUT2D eigenvalue weighted by Gasteiger charge is 2.36. The van der Waals surface area contributed by atoms with E-state index in [9.17, 15) is 30.8 Å². The van der Waals surface area contributed by atoms with Crippen LogP contribution in [0.25, 0.3) is 0 Å². The summed E-state index contributed by atoms with van der Waals surface area (Å²) in [4.78, 5) is 15.3. The number of carbonyl (C=O) groups is 1. The van der Waals surface area contributed by atoms with Gasteiger partial charge in [0, 0.05) is 45.2 Å². The normalized spacial score (nSPS) is 20.9. The minimum Gasteiger partial charge on any atom is -0.341 e. The van der Waals surface area contributed by atoms with Crippen LogP contribution in [0.1, 0.15) is 19.3 Å². The topological polar surface area (TPSA) is 60.9 Å². The molecule has 0 unspecified atom stereocenters. The zero-order chi connectivity index (χ0) is 21.9. The number of amides is 1. The summed E-state index contributed by atoms with van der Waals surface area (Å²) in [5.41, 5.74) is 0. The first-order valence-electron chi connectivity index (χ1n) is 9.90. The Balaban J connectivity index is 1.56. The van der Waals surface area contributed by atoms with Gasteiger partial charge in [0.05, 0.1) is 6.54 Å². The fourth-order valence-electron chi connectivity index (χ4n) is 4.00. The summed E-state index contributed by atoms with van der Waals surface area (Å²) in [5, 5.41) is 0. The first-order chi connectivity index (χ1) is 14.1. The van der Waals surface area contributed by atoms with E-state index in [0.29, 0.717) is 25.8 Å². The van der Waals surface area contributed by atoms with E-state index in [-0.39, 0.29) is 49.4 Å². The highest BCUT2D eigenvalue weighted by atomic mass is 32.2. The number of nitrogens with zero attached hydrogens (tertiary/aromatic N) is 3. The second-order valence-electron chi connectivity index (χ2n) is 7.68. The molecule has 0 radical (unpaired) electrons. The molecule has 2 saturated heterocycles. The van der Waals surface area contributed by atoms with E-state index in [0.717, 1.165) is 6.07 Å². The number of sulfonamides is 1. The molecule has 3 rings (SSSR count). The number of piperidine rings is 1. The summed E-state index contributed by atoms with van der Waals surface area (Å²) >= 11 is 0. The van der Waals surface area contributed by atoms with Crippen molar-refractivity contribution in [2.24, 2.45) is 5.92 Å². The van der Waals surface area contributed by atoms with Gasteiger partial charge in [-0.3, -0.25) is 9.69 Å². The van der Waals surface area contributed by atoms with Crippen molar-refractivity contribution in [2.45, 2.75) is 30.3 Å². The highest BCUT2D eigenvalue weighted by molar-refractivity contribution is 7.89. The first kappa shape index (κ1) is 23.0. The van der Waals surface area contributed by atoms with E-state index in [1.807, 2.05) is 0 Å². The number of carbonyl (C=O) groups excluding carboxylic acids is 1. The summed E-state index contributed by atoms with van der Waals surface area (Å²) < 4.78 is 78.3. The number of halogens is 4. The third kappa shape index (κ3) is 5.50. The molecule has 11 heteroatoms. The van der Waals surface area contributed by atoms with Crippen molar-refractivity contribution in [3.63, 3.8) is 0 Å². The number of benzene rings is 1. The van der Waals surface area contributed by atoms with Crippen LogP contribution in [-0.2, 0) is 14.8 Å². The third-order valence-electron chi connectivity index (χ3n) is 5.56. The zero-order valence-corrected chi connectivity index (χ0v) is 17.3. The lowest BCUT2D eigenvalue weighted by Crippen LogP contribution is -2.45. The predicted molar refractivity (Wildman–Crippen MR) is 102 cm³/mol. The molecular weight excluding hydrogens is 426 g/mol. The maximum Gasteiger partial charge on any atom is 0.401 e. The van der Waals surface area contributed by atoms with Crippen LogP contribution >= 0.6 is 0 Å². The SMILES string of the molecule is O=C(C1CCN(S(=O)(=O)c2ccccc2F)CC1)N1CCCN(CC(F)(F)F)CC1. The van der Waals surface area contributed by atoms with Gasteiger partial charge in [-0.1, -0.05) is 12.1 Å². The number of hydrogen-bond acceptors (Lipinski definition) is 4. The van der Waals surface area contributed by atoms with E-state index in [2.05, 4.69) is 0 Å². The second-order valence-corrected chi connectivity index (χ2v) is 9.59. The van der Waals surface area contributed by atoms with Crippen LogP contribution in [-0.4, -0.2) is 80.4 Å². The molecule has 1 amide bonds. The van der Waals surface area contributed by atoms with Crippen molar-refractivity contribution in [3.8, 4) is 0 Å².